The molecule has 0 aliphatic carbocycles. The van der Waals surface area contributed by atoms with Crippen molar-refractivity contribution in [2.45, 2.75) is 26.8 Å². The van der Waals surface area contributed by atoms with E-state index in [2.05, 4.69) is 10.4 Å². The van der Waals surface area contributed by atoms with E-state index < -0.39 is 10.8 Å². The first-order valence-electron chi connectivity index (χ1n) is 6.50. The van der Waals surface area contributed by atoms with Gasteiger partial charge >= 0.3 is 0 Å². The first-order chi connectivity index (χ1) is 9.88. The predicted molar refractivity (Wildman–Crippen MR) is 78.4 cm³/mol. The quantitative estimate of drug-likeness (QED) is 0.691. The first-order valence-corrected chi connectivity index (χ1v) is 6.50. The third-order valence-corrected chi connectivity index (χ3v) is 2.91. The standard InChI is InChI=1S/C14H16N4O3/c1-9(2)17-13(7-10(3)16-17)15-14(19)11-5-4-6-12(8-11)18(20)21/h4-9H,1-3H3,(H,15,19). The normalized spacial score (nSPS) is 10.7. The van der Waals surface area contributed by atoms with Crippen LogP contribution in [-0.2, 0) is 0 Å². The summed E-state index contributed by atoms with van der Waals surface area (Å²) < 4.78 is 1.70. The van der Waals surface area contributed by atoms with Crippen LogP contribution in [0.4, 0.5) is 11.5 Å². The fraction of sp³-hybridized carbons (Fsp3) is 0.286. The molecule has 0 saturated heterocycles. The Morgan fingerprint density at radius 1 is 1.38 bits per heavy atom. The Morgan fingerprint density at radius 3 is 2.71 bits per heavy atom. The third kappa shape index (κ3) is 3.25. The van der Waals surface area contributed by atoms with Gasteiger partial charge in [0.05, 0.1) is 10.6 Å². The van der Waals surface area contributed by atoms with Gasteiger partial charge in [0.1, 0.15) is 5.82 Å². The van der Waals surface area contributed by atoms with Gasteiger partial charge in [0.25, 0.3) is 11.6 Å². The number of aromatic nitrogens is 2. The lowest BCUT2D eigenvalue weighted by atomic mass is 10.2. The number of hydrogen-bond donors (Lipinski definition) is 1. The Bertz CT molecular complexity index is 691. The van der Waals surface area contributed by atoms with Gasteiger partial charge < -0.3 is 5.32 Å². The summed E-state index contributed by atoms with van der Waals surface area (Å²) in [5.74, 6) is 0.166. The molecular formula is C14H16N4O3. The van der Waals surface area contributed by atoms with Crippen LogP contribution in [0.5, 0.6) is 0 Å². The second-order valence-electron chi connectivity index (χ2n) is 4.97. The van der Waals surface area contributed by atoms with Gasteiger partial charge in [0.15, 0.2) is 0 Å². The highest BCUT2D eigenvalue weighted by molar-refractivity contribution is 6.04. The van der Waals surface area contributed by atoms with Crippen LogP contribution in [0.3, 0.4) is 0 Å². The second kappa shape index (κ2) is 5.74. The number of benzene rings is 1. The Hall–Kier alpha value is -2.70. The van der Waals surface area contributed by atoms with Crippen LogP contribution in [0.15, 0.2) is 30.3 Å². The molecule has 0 bridgehead atoms. The van der Waals surface area contributed by atoms with Gasteiger partial charge in [-0.3, -0.25) is 14.9 Å². The molecule has 1 aromatic carbocycles. The molecule has 0 aliphatic heterocycles. The first kappa shape index (κ1) is 14.7. The lowest BCUT2D eigenvalue weighted by Crippen LogP contribution is -2.16. The number of hydrogen-bond acceptors (Lipinski definition) is 4. The molecule has 7 nitrogen and oxygen atoms in total. The number of amides is 1. The van der Waals surface area contributed by atoms with Crippen LogP contribution in [-0.4, -0.2) is 20.6 Å². The minimum absolute atomic E-state index is 0.0964. The number of nitro benzene ring substituents is 1. The molecule has 0 aliphatic rings. The number of carbonyl (C=O) groups is 1. The minimum Gasteiger partial charge on any atom is -0.307 e. The average molecular weight is 288 g/mol. The van der Waals surface area contributed by atoms with Crippen molar-refractivity contribution in [3.63, 3.8) is 0 Å². The van der Waals surface area contributed by atoms with Crippen LogP contribution >= 0.6 is 0 Å². The summed E-state index contributed by atoms with van der Waals surface area (Å²) >= 11 is 0. The van der Waals surface area contributed by atoms with Gasteiger partial charge in [-0.2, -0.15) is 5.10 Å². The van der Waals surface area contributed by atoms with E-state index >= 15 is 0 Å². The van der Waals surface area contributed by atoms with Crippen LogP contribution in [0.2, 0.25) is 0 Å². The molecule has 1 aromatic heterocycles. The van der Waals surface area contributed by atoms with Crippen molar-refractivity contribution < 1.29 is 9.72 Å². The monoisotopic (exact) mass is 288 g/mol. The number of anilines is 1. The van der Waals surface area contributed by atoms with Crippen LogP contribution in [0, 0.1) is 17.0 Å². The molecule has 1 amide bonds. The van der Waals surface area contributed by atoms with E-state index in [0.29, 0.717) is 5.82 Å². The van der Waals surface area contributed by atoms with Crippen LogP contribution in [0.25, 0.3) is 0 Å². The predicted octanol–water partition coefficient (Wildman–Crippen LogP) is 2.93. The number of aryl methyl sites for hydroxylation is 1. The largest absolute Gasteiger partial charge is 0.307 e. The molecule has 2 aromatic rings. The van der Waals surface area contributed by atoms with E-state index in [0.717, 1.165) is 5.69 Å². The molecule has 110 valence electrons. The van der Waals surface area contributed by atoms with Crippen molar-refractivity contribution in [3.8, 4) is 0 Å². The highest BCUT2D eigenvalue weighted by Crippen LogP contribution is 2.18. The molecule has 1 heterocycles. The molecule has 0 fully saturated rings. The number of nitro groups is 1. The molecule has 0 radical (unpaired) electrons. The van der Waals surface area contributed by atoms with Crippen LogP contribution < -0.4 is 5.32 Å². The van der Waals surface area contributed by atoms with Crippen molar-refractivity contribution in [3.05, 3.63) is 51.7 Å². The summed E-state index contributed by atoms with van der Waals surface area (Å²) in [5, 5.41) is 17.8. The zero-order valence-electron chi connectivity index (χ0n) is 12.0. The zero-order chi connectivity index (χ0) is 15.6. The lowest BCUT2D eigenvalue weighted by Gasteiger charge is -2.11. The Labute approximate surface area is 121 Å². The smallest absolute Gasteiger partial charge is 0.270 e. The third-order valence-electron chi connectivity index (χ3n) is 2.91. The number of nitrogens with zero attached hydrogens (tertiary/aromatic N) is 3. The van der Waals surface area contributed by atoms with Crippen molar-refractivity contribution >= 4 is 17.4 Å². The molecule has 21 heavy (non-hydrogen) atoms. The molecule has 0 spiro atoms. The number of nitrogens with one attached hydrogen (secondary N) is 1. The molecule has 0 atom stereocenters. The summed E-state index contributed by atoms with van der Waals surface area (Å²) in [6.45, 7) is 5.74. The molecule has 0 saturated carbocycles. The Kier molecular flexibility index (Phi) is 4.02. The number of carbonyl (C=O) groups excluding carboxylic acids is 1. The molecule has 7 heteroatoms. The maximum Gasteiger partial charge on any atom is 0.270 e. The topological polar surface area (TPSA) is 90.1 Å². The maximum absolute atomic E-state index is 12.2. The summed E-state index contributed by atoms with van der Waals surface area (Å²) in [7, 11) is 0. The average Bonchev–Trinajstić information content (AvgIpc) is 2.80. The van der Waals surface area contributed by atoms with Gasteiger partial charge in [-0.1, -0.05) is 6.07 Å². The van der Waals surface area contributed by atoms with E-state index in [-0.39, 0.29) is 17.3 Å². The minimum atomic E-state index is -0.528. The molecular weight excluding hydrogens is 272 g/mol. The Morgan fingerprint density at radius 2 is 2.10 bits per heavy atom. The summed E-state index contributed by atoms with van der Waals surface area (Å²) in [6.07, 6.45) is 0. The van der Waals surface area contributed by atoms with E-state index in [1.807, 2.05) is 20.8 Å². The van der Waals surface area contributed by atoms with Gasteiger partial charge in [-0.15, -0.1) is 0 Å². The van der Waals surface area contributed by atoms with E-state index in [9.17, 15) is 14.9 Å². The number of non-ortho nitro benzene ring substituents is 1. The summed E-state index contributed by atoms with van der Waals surface area (Å²) in [6, 6.07) is 7.47. The van der Waals surface area contributed by atoms with Gasteiger partial charge in [-0.25, -0.2) is 4.68 Å². The summed E-state index contributed by atoms with van der Waals surface area (Å²) in [5.41, 5.74) is 0.910. The van der Waals surface area contributed by atoms with Gasteiger partial charge in [0, 0.05) is 29.8 Å². The SMILES string of the molecule is Cc1cc(NC(=O)c2cccc([N+](=O)[O-])c2)n(C(C)C)n1. The molecule has 0 unspecified atom stereocenters. The zero-order valence-corrected chi connectivity index (χ0v) is 12.0. The highest BCUT2D eigenvalue weighted by atomic mass is 16.6. The molecule has 1 N–H and O–H groups in total. The maximum atomic E-state index is 12.2. The highest BCUT2D eigenvalue weighted by Gasteiger charge is 2.15. The Balaban J connectivity index is 2.26. The number of rotatable bonds is 4. The van der Waals surface area contributed by atoms with Crippen molar-refractivity contribution in [2.24, 2.45) is 0 Å². The van der Waals surface area contributed by atoms with Gasteiger partial charge in [0.2, 0.25) is 0 Å². The van der Waals surface area contributed by atoms with E-state index in [1.54, 1.807) is 10.7 Å². The summed E-state index contributed by atoms with van der Waals surface area (Å²) in [4.78, 5) is 22.4. The lowest BCUT2D eigenvalue weighted by molar-refractivity contribution is -0.384. The fourth-order valence-corrected chi connectivity index (χ4v) is 1.95. The van der Waals surface area contributed by atoms with E-state index in [1.165, 1.54) is 24.3 Å². The molecule has 2 rings (SSSR count). The van der Waals surface area contributed by atoms with Crippen molar-refractivity contribution in [1.29, 1.82) is 0 Å². The van der Waals surface area contributed by atoms with Gasteiger partial charge in [-0.05, 0) is 26.8 Å². The van der Waals surface area contributed by atoms with Crippen molar-refractivity contribution in [2.75, 3.05) is 5.32 Å². The van der Waals surface area contributed by atoms with Crippen molar-refractivity contribution in [1.82, 2.24) is 9.78 Å². The van der Waals surface area contributed by atoms with E-state index in [4.69, 9.17) is 0 Å². The van der Waals surface area contributed by atoms with Crippen LogP contribution in [0.1, 0.15) is 35.9 Å². The second-order valence-corrected chi connectivity index (χ2v) is 4.97. The fourth-order valence-electron chi connectivity index (χ4n) is 1.95.